The number of aliphatic imine (C=N–C) groups is 1. The van der Waals surface area contributed by atoms with Crippen LogP contribution in [0.5, 0.6) is 11.5 Å². The molecule has 0 atom stereocenters. The first-order valence-electron chi connectivity index (χ1n) is 10.3. The summed E-state index contributed by atoms with van der Waals surface area (Å²) in [5, 5.41) is 0.600. The van der Waals surface area contributed by atoms with Crippen molar-refractivity contribution in [1.29, 1.82) is 0 Å². The number of halogens is 1. The number of nitrogens with zero attached hydrogens (tertiary/aromatic N) is 1. The topological polar surface area (TPSA) is 57.1 Å². The van der Waals surface area contributed by atoms with Crippen LogP contribution in [0.4, 0.5) is 0 Å². The summed E-state index contributed by atoms with van der Waals surface area (Å²) < 4.78 is 17.1. The van der Waals surface area contributed by atoms with Crippen LogP contribution < -0.4 is 9.47 Å². The number of benzene rings is 3. The number of hydrogen-bond donors (Lipinski definition) is 0. The van der Waals surface area contributed by atoms with Crippen LogP contribution in [0.2, 0.25) is 5.02 Å². The molecule has 0 amide bonds. The van der Waals surface area contributed by atoms with E-state index in [-0.39, 0.29) is 11.6 Å². The number of hydrogen-bond acceptors (Lipinski definition) is 5. The normalized spacial score (nSPS) is 14.3. The average Bonchev–Trinajstić information content (AvgIpc) is 3.14. The van der Waals surface area contributed by atoms with Crippen molar-refractivity contribution >= 4 is 29.5 Å². The van der Waals surface area contributed by atoms with Crippen LogP contribution in [-0.4, -0.2) is 18.5 Å². The molecule has 5 nitrogen and oxygen atoms in total. The van der Waals surface area contributed by atoms with Crippen molar-refractivity contribution in [2.75, 3.05) is 6.61 Å². The fourth-order valence-electron chi connectivity index (χ4n) is 3.25. The summed E-state index contributed by atoms with van der Waals surface area (Å²) in [6.45, 7) is 4.88. The Morgan fingerprint density at radius 1 is 1.00 bits per heavy atom. The maximum absolute atomic E-state index is 12.3. The lowest BCUT2D eigenvalue weighted by Gasteiger charge is -2.13. The zero-order valence-electron chi connectivity index (χ0n) is 17.8. The lowest BCUT2D eigenvalue weighted by Crippen LogP contribution is -2.05. The summed E-state index contributed by atoms with van der Waals surface area (Å²) in [5.41, 5.74) is 3.91. The van der Waals surface area contributed by atoms with Crippen LogP contribution in [0.1, 0.15) is 29.2 Å². The number of ether oxygens (including phenoxy) is 3. The van der Waals surface area contributed by atoms with Crippen molar-refractivity contribution in [3.8, 4) is 11.5 Å². The SMILES string of the molecule is CCOc1cc(/C=C2\N=C(c3ccc(Cl)cc3)OC2=O)ccc1OCc1cccc(C)c1. The van der Waals surface area contributed by atoms with E-state index in [1.165, 1.54) is 5.56 Å². The van der Waals surface area contributed by atoms with Gasteiger partial charge in [0.05, 0.1) is 6.61 Å². The van der Waals surface area contributed by atoms with Crippen LogP contribution in [0.3, 0.4) is 0 Å². The molecule has 0 radical (unpaired) electrons. The van der Waals surface area contributed by atoms with Gasteiger partial charge in [0.15, 0.2) is 17.2 Å². The molecule has 1 heterocycles. The van der Waals surface area contributed by atoms with Gasteiger partial charge in [-0.05, 0) is 67.4 Å². The minimum absolute atomic E-state index is 0.214. The standard InChI is InChI=1S/C26H22ClNO4/c1-3-30-24-15-18(7-12-23(24)31-16-19-6-4-5-17(2)13-19)14-22-26(29)32-25(28-22)20-8-10-21(27)11-9-20/h4-15H,3,16H2,1-2H3/b22-14-. The summed E-state index contributed by atoms with van der Waals surface area (Å²) >= 11 is 5.92. The Labute approximate surface area is 191 Å². The predicted molar refractivity (Wildman–Crippen MR) is 125 cm³/mol. The van der Waals surface area contributed by atoms with E-state index in [0.29, 0.717) is 35.3 Å². The molecule has 0 aliphatic carbocycles. The van der Waals surface area contributed by atoms with Crippen LogP contribution >= 0.6 is 11.6 Å². The van der Waals surface area contributed by atoms with Crippen LogP contribution in [0.15, 0.2) is 77.4 Å². The molecule has 1 aliphatic rings. The van der Waals surface area contributed by atoms with E-state index in [1.54, 1.807) is 30.3 Å². The van der Waals surface area contributed by atoms with E-state index in [2.05, 4.69) is 11.1 Å². The van der Waals surface area contributed by atoms with E-state index in [4.69, 9.17) is 25.8 Å². The van der Waals surface area contributed by atoms with Crippen molar-refractivity contribution in [3.63, 3.8) is 0 Å². The van der Waals surface area contributed by atoms with Crippen molar-refractivity contribution in [2.45, 2.75) is 20.5 Å². The van der Waals surface area contributed by atoms with Gasteiger partial charge in [-0.2, -0.15) is 0 Å². The summed E-state index contributed by atoms with van der Waals surface area (Å²) in [6.07, 6.45) is 1.66. The van der Waals surface area contributed by atoms with Gasteiger partial charge in [0.1, 0.15) is 6.61 Å². The third kappa shape index (κ3) is 5.18. The van der Waals surface area contributed by atoms with Crippen LogP contribution in [0.25, 0.3) is 6.08 Å². The van der Waals surface area contributed by atoms with Gasteiger partial charge in [-0.3, -0.25) is 0 Å². The average molecular weight is 448 g/mol. The molecule has 0 saturated heterocycles. The molecule has 0 spiro atoms. The second-order valence-corrected chi connectivity index (χ2v) is 7.70. The van der Waals surface area contributed by atoms with Gasteiger partial charge in [-0.15, -0.1) is 0 Å². The Balaban J connectivity index is 1.55. The van der Waals surface area contributed by atoms with Crippen LogP contribution in [-0.2, 0) is 16.1 Å². The van der Waals surface area contributed by atoms with Crippen molar-refractivity contribution in [2.24, 2.45) is 4.99 Å². The van der Waals surface area contributed by atoms with E-state index in [0.717, 1.165) is 11.1 Å². The number of rotatable bonds is 7. The number of cyclic esters (lactones) is 1. The van der Waals surface area contributed by atoms with E-state index in [1.807, 2.05) is 50.2 Å². The van der Waals surface area contributed by atoms with Crippen molar-refractivity contribution in [1.82, 2.24) is 0 Å². The highest BCUT2D eigenvalue weighted by Crippen LogP contribution is 2.31. The lowest BCUT2D eigenvalue weighted by molar-refractivity contribution is -0.129. The molecular weight excluding hydrogens is 426 g/mol. The summed E-state index contributed by atoms with van der Waals surface area (Å²) in [4.78, 5) is 16.6. The number of carbonyl (C=O) groups excluding carboxylic acids is 1. The highest BCUT2D eigenvalue weighted by atomic mass is 35.5. The maximum atomic E-state index is 12.3. The Kier molecular flexibility index (Phi) is 6.57. The molecule has 6 heteroatoms. The van der Waals surface area contributed by atoms with E-state index in [9.17, 15) is 4.79 Å². The van der Waals surface area contributed by atoms with Gasteiger partial charge in [-0.25, -0.2) is 9.79 Å². The van der Waals surface area contributed by atoms with Gasteiger partial charge in [-0.1, -0.05) is 47.5 Å². The first-order valence-corrected chi connectivity index (χ1v) is 10.6. The molecule has 1 aliphatic heterocycles. The fourth-order valence-corrected chi connectivity index (χ4v) is 3.37. The molecule has 3 aromatic carbocycles. The maximum Gasteiger partial charge on any atom is 0.363 e. The zero-order valence-corrected chi connectivity index (χ0v) is 18.6. The summed E-state index contributed by atoms with van der Waals surface area (Å²) in [5.74, 6) is 0.978. The van der Waals surface area contributed by atoms with Gasteiger partial charge in [0, 0.05) is 10.6 Å². The summed E-state index contributed by atoms with van der Waals surface area (Å²) in [6, 6.07) is 20.6. The van der Waals surface area contributed by atoms with Gasteiger partial charge in [0.2, 0.25) is 5.90 Å². The van der Waals surface area contributed by atoms with Crippen molar-refractivity contribution in [3.05, 3.63) is 99.7 Å². The van der Waals surface area contributed by atoms with Gasteiger partial charge in [0.25, 0.3) is 0 Å². The quantitative estimate of drug-likeness (QED) is 0.330. The molecule has 0 N–H and O–H groups in total. The molecule has 0 bridgehead atoms. The minimum atomic E-state index is -0.507. The largest absolute Gasteiger partial charge is 0.490 e. The smallest absolute Gasteiger partial charge is 0.363 e. The predicted octanol–water partition coefficient (Wildman–Crippen LogP) is 5.97. The Morgan fingerprint density at radius 3 is 2.56 bits per heavy atom. The third-order valence-electron chi connectivity index (χ3n) is 4.76. The molecule has 0 unspecified atom stereocenters. The van der Waals surface area contributed by atoms with Crippen molar-refractivity contribution < 1.29 is 19.0 Å². The lowest BCUT2D eigenvalue weighted by atomic mass is 10.1. The Hall–Kier alpha value is -3.57. The molecule has 0 aromatic heterocycles. The zero-order chi connectivity index (χ0) is 22.5. The molecule has 0 fully saturated rings. The summed E-state index contributed by atoms with van der Waals surface area (Å²) in [7, 11) is 0. The molecule has 4 rings (SSSR count). The second kappa shape index (κ2) is 9.71. The number of carbonyl (C=O) groups is 1. The van der Waals surface area contributed by atoms with Gasteiger partial charge >= 0.3 is 5.97 Å². The van der Waals surface area contributed by atoms with Gasteiger partial charge < -0.3 is 14.2 Å². The number of aryl methyl sites for hydroxylation is 1. The second-order valence-electron chi connectivity index (χ2n) is 7.26. The highest BCUT2D eigenvalue weighted by molar-refractivity contribution is 6.30. The Bertz CT molecular complexity index is 1200. The van der Waals surface area contributed by atoms with Crippen LogP contribution in [0, 0.1) is 6.92 Å². The molecule has 162 valence electrons. The number of esters is 1. The third-order valence-corrected chi connectivity index (χ3v) is 5.01. The van der Waals surface area contributed by atoms with E-state index < -0.39 is 5.97 Å². The fraction of sp³-hybridized carbons (Fsp3) is 0.154. The minimum Gasteiger partial charge on any atom is -0.490 e. The molecule has 3 aromatic rings. The monoisotopic (exact) mass is 447 g/mol. The molecular formula is C26H22ClNO4. The molecule has 32 heavy (non-hydrogen) atoms. The first-order chi connectivity index (χ1) is 15.5. The molecule has 0 saturated carbocycles. The Morgan fingerprint density at radius 2 is 1.81 bits per heavy atom. The highest BCUT2D eigenvalue weighted by Gasteiger charge is 2.24. The first kappa shape index (κ1) is 21.7. The van der Waals surface area contributed by atoms with E-state index >= 15 is 0 Å².